The monoisotopic (exact) mass is 198 g/mol. The lowest BCUT2D eigenvalue weighted by atomic mass is 9.93. The molecule has 1 aliphatic carbocycles. The zero-order valence-corrected chi connectivity index (χ0v) is 7.69. The molecular weight excluding hydrogens is 186 g/mol. The maximum absolute atomic E-state index is 13.3. The summed E-state index contributed by atoms with van der Waals surface area (Å²) in [5.74, 6) is -1.10. The lowest BCUT2D eigenvalue weighted by molar-refractivity contribution is 0.451. The van der Waals surface area contributed by atoms with Crippen LogP contribution in [0.1, 0.15) is 17.5 Å². The fourth-order valence-corrected chi connectivity index (χ4v) is 2.00. The molecule has 0 saturated heterocycles. The van der Waals surface area contributed by atoms with E-state index in [0.717, 1.165) is 6.07 Å². The van der Waals surface area contributed by atoms with E-state index < -0.39 is 17.2 Å². The first kappa shape index (κ1) is 9.55. The third-order valence-electron chi connectivity index (χ3n) is 2.88. The van der Waals surface area contributed by atoms with Gasteiger partial charge in [-0.05, 0) is 30.0 Å². The Hall–Kier alpha value is -1.00. The molecule has 0 saturated carbocycles. The van der Waals surface area contributed by atoms with E-state index >= 15 is 0 Å². The molecule has 0 fully saturated rings. The molecule has 1 unspecified atom stereocenters. The number of fused-ring (bicyclic) bond motifs is 1. The highest BCUT2D eigenvalue weighted by molar-refractivity contribution is 5.40. The van der Waals surface area contributed by atoms with Crippen LogP contribution in [0.15, 0.2) is 12.1 Å². The molecule has 1 aromatic carbocycles. The molecule has 1 atom stereocenters. The zero-order chi connectivity index (χ0) is 10.3. The Kier molecular flexibility index (Phi) is 2.05. The summed E-state index contributed by atoms with van der Waals surface area (Å²) in [6.07, 6.45) is 1.12. The van der Waals surface area contributed by atoms with E-state index in [1.807, 2.05) is 0 Å². The number of benzene rings is 1. The zero-order valence-electron chi connectivity index (χ0n) is 7.69. The van der Waals surface area contributed by atoms with Crippen molar-refractivity contribution in [3.63, 3.8) is 0 Å². The van der Waals surface area contributed by atoms with Crippen LogP contribution >= 0.6 is 0 Å². The maximum Gasteiger partial charge on any atom is 0.129 e. The van der Waals surface area contributed by atoms with E-state index in [1.54, 1.807) is 0 Å². The van der Waals surface area contributed by atoms with Crippen molar-refractivity contribution in [1.82, 2.24) is 0 Å². The van der Waals surface area contributed by atoms with E-state index in [1.165, 1.54) is 6.07 Å². The molecule has 0 aromatic heterocycles. The molecule has 1 aliphatic rings. The van der Waals surface area contributed by atoms with Crippen molar-refractivity contribution in [3.05, 3.63) is 34.9 Å². The van der Waals surface area contributed by atoms with E-state index in [9.17, 15) is 8.78 Å². The Morgan fingerprint density at radius 3 is 2.71 bits per heavy atom. The normalized spacial score (nSPS) is 25.1. The smallest absolute Gasteiger partial charge is 0.129 e. The highest BCUT2D eigenvalue weighted by Gasteiger charge is 2.35. The van der Waals surface area contributed by atoms with Gasteiger partial charge in [0.05, 0.1) is 5.54 Å². The van der Waals surface area contributed by atoms with E-state index in [4.69, 9.17) is 11.5 Å². The molecule has 0 bridgehead atoms. The lowest BCUT2D eigenvalue weighted by Gasteiger charge is -2.23. The molecule has 0 radical (unpaired) electrons. The average molecular weight is 198 g/mol. The fraction of sp³-hybridized carbons (Fsp3) is 0.400. The topological polar surface area (TPSA) is 52.0 Å². The van der Waals surface area contributed by atoms with Gasteiger partial charge in [0.25, 0.3) is 0 Å². The van der Waals surface area contributed by atoms with Crippen LogP contribution in [0.4, 0.5) is 8.78 Å². The Morgan fingerprint density at radius 1 is 1.36 bits per heavy atom. The third kappa shape index (κ3) is 1.22. The Labute approximate surface area is 80.9 Å². The second-order valence-corrected chi connectivity index (χ2v) is 3.77. The molecule has 76 valence electrons. The van der Waals surface area contributed by atoms with Crippen molar-refractivity contribution < 1.29 is 8.78 Å². The van der Waals surface area contributed by atoms with E-state index in [2.05, 4.69) is 0 Å². The Bertz CT molecular complexity index is 379. The highest BCUT2D eigenvalue weighted by Crippen LogP contribution is 2.35. The van der Waals surface area contributed by atoms with E-state index in [0.29, 0.717) is 24.0 Å². The molecule has 0 aliphatic heterocycles. The summed E-state index contributed by atoms with van der Waals surface area (Å²) in [5.41, 5.74) is 11.7. The molecule has 14 heavy (non-hydrogen) atoms. The van der Waals surface area contributed by atoms with Gasteiger partial charge in [0.1, 0.15) is 11.6 Å². The Balaban J connectivity index is 2.60. The van der Waals surface area contributed by atoms with Gasteiger partial charge in [0.15, 0.2) is 0 Å². The molecule has 2 nitrogen and oxygen atoms in total. The number of nitrogens with two attached hydrogens (primary N) is 2. The summed E-state index contributed by atoms with van der Waals surface area (Å²) in [4.78, 5) is 0. The molecule has 1 aromatic rings. The first-order chi connectivity index (χ1) is 6.57. The molecule has 0 amide bonds. The van der Waals surface area contributed by atoms with Gasteiger partial charge in [-0.2, -0.15) is 0 Å². The number of rotatable bonds is 1. The largest absolute Gasteiger partial charge is 0.328 e. The number of halogens is 2. The van der Waals surface area contributed by atoms with Gasteiger partial charge in [-0.1, -0.05) is 0 Å². The van der Waals surface area contributed by atoms with Gasteiger partial charge in [-0.3, -0.25) is 0 Å². The van der Waals surface area contributed by atoms with E-state index in [-0.39, 0.29) is 6.54 Å². The van der Waals surface area contributed by atoms with Crippen molar-refractivity contribution >= 4 is 0 Å². The summed E-state index contributed by atoms with van der Waals surface area (Å²) in [5, 5.41) is 0. The summed E-state index contributed by atoms with van der Waals surface area (Å²) < 4.78 is 26.3. The van der Waals surface area contributed by atoms with Gasteiger partial charge < -0.3 is 11.5 Å². The van der Waals surface area contributed by atoms with Crippen LogP contribution in [-0.4, -0.2) is 6.54 Å². The van der Waals surface area contributed by atoms with Crippen LogP contribution in [0, 0.1) is 11.6 Å². The third-order valence-corrected chi connectivity index (χ3v) is 2.88. The summed E-state index contributed by atoms with van der Waals surface area (Å²) >= 11 is 0. The van der Waals surface area contributed by atoms with Crippen molar-refractivity contribution in [2.45, 2.75) is 18.4 Å². The van der Waals surface area contributed by atoms with Gasteiger partial charge in [0.2, 0.25) is 0 Å². The summed E-state index contributed by atoms with van der Waals surface area (Å²) in [7, 11) is 0. The quantitative estimate of drug-likeness (QED) is 0.708. The molecule has 4 N–H and O–H groups in total. The number of hydrogen-bond acceptors (Lipinski definition) is 2. The SMILES string of the molecule is NCC1(N)CCc2c(F)cc(F)cc21. The second-order valence-electron chi connectivity index (χ2n) is 3.77. The fourth-order valence-electron chi connectivity index (χ4n) is 2.00. The van der Waals surface area contributed by atoms with Crippen LogP contribution < -0.4 is 11.5 Å². The average Bonchev–Trinajstić information content (AvgIpc) is 2.46. The standard InChI is InChI=1S/C10H12F2N2/c11-6-3-8-7(9(12)4-6)1-2-10(8,14)5-13/h3-4H,1-2,5,13-14H2. The van der Waals surface area contributed by atoms with Crippen molar-refractivity contribution in [1.29, 1.82) is 0 Å². The predicted octanol–water partition coefficient (Wildman–Crippen LogP) is 1.02. The van der Waals surface area contributed by atoms with Crippen molar-refractivity contribution in [3.8, 4) is 0 Å². The molecule has 2 rings (SSSR count). The van der Waals surface area contributed by atoms with Gasteiger partial charge in [-0.25, -0.2) is 8.78 Å². The van der Waals surface area contributed by atoms with Crippen molar-refractivity contribution in [2.24, 2.45) is 11.5 Å². The second kappa shape index (κ2) is 3.00. The lowest BCUT2D eigenvalue weighted by Crippen LogP contribution is -2.41. The van der Waals surface area contributed by atoms with Gasteiger partial charge >= 0.3 is 0 Å². The summed E-state index contributed by atoms with van der Waals surface area (Å²) in [6, 6.07) is 2.18. The number of hydrogen-bond donors (Lipinski definition) is 2. The molecule has 4 heteroatoms. The van der Waals surface area contributed by atoms with Crippen LogP contribution in [0.3, 0.4) is 0 Å². The summed E-state index contributed by atoms with van der Waals surface area (Å²) in [6.45, 7) is 0.211. The van der Waals surface area contributed by atoms with Crippen LogP contribution in [0.25, 0.3) is 0 Å². The first-order valence-electron chi connectivity index (χ1n) is 4.54. The highest BCUT2D eigenvalue weighted by atomic mass is 19.1. The van der Waals surface area contributed by atoms with Crippen LogP contribution in [0.5, 0.6) is 0 Å². The molecular formula is C10H12F2N2. The maximum atomic E-state index is 13.3. The van der Waals surface area contributed by atoms with Crippen LogP contribution in [-0.2, 0) is 12.0 Å². The first-order valence-corrected chi connectivity index (χ1v) is 4.54. The minimum absolute atomic E-state index is 0.211. The van der Waals surface area contributed by atoms with Gasteiger partial charge in [-0.15, -0.1) is 0 Å². The van der Waals surface area contributed by atoms with Crippen molar-refractivity contribution in [2.75, 3.05) is 6.54 Å². The minimum atomic E-state index is -0.752. The van der Waals surface area contributed by atoms with Crippen LogP contribution in [0.2, 0.25) is 0 Å². The molecule has 0 heterocycles. The van der Waals surface area contributed by atoms with Gasteiger partial charge in [0, 0.05) is 12.6 Å². The molecule has 0 spiro atoms. The predicted molar refractivity (Wildman–Crippen MR) is 49.6 cm³/mol. The minimum Gasteiger partial charge on any atom is -0.328 e. The Morgan fingerprint density at radius 2 is 2.07 bits per heavy atom.